The monoisotopic (exact) mass is 1170 g/mol. The van der Waals surface area contributed by atoms with E-state index in [1.165, 1.54) is 166 Å². The van der Waals surface area contributed by atoms with Gasteiger partial charge >= 0.3 is 20.5 Å². The van der Waals surface area contributed by atoms with Gasteiger partial charge in [-0.05, 0) is 140 Å². The minimum Gasteiger partial charge on any atom is -0.376 e. The highest BCUT2D eigenvalue weighted by Crippen LogP contribution is 2.50. The third-order valence-electron chi connectivity index (χ3n) is 21.0. The highest BCUT2D eigenvalue weighted by atomic mass is 28.3. The molecule has 14 aromatic rings. The molecular weight excluding hydrogens is 1110 g/mol. The molecule has 0 saturated heterocycles. The molecule has 6 heterocycles. The normalized spacial score (nSPS) is 14.1. The molecule has 14 aromatic carbocycles. The number of para-hydroxylation sites is 4. The van der Waals surface area contributed by atoms with Gasteiger partial charge in [-0.15, -0.1) is 0 Å². The fraction of sp³-hybridized carbons (Fsp3) is 0. The van der Waals surface area contributed by atoms with E-state index in [4.69, 9.17) is 0 Å². The summed E-state index contributed by atoms with van der Waals surface area (Å²) >= 11 is 0. The SMILES string of the molecule is c1ccc([Si](c2ccc(-c3ccc4c(c3)-c3ccccc3B3c5ccccc5-c5ccccc5N34)cc2)(c2ccc3c(c2)-c2ccccc2N2B3c3ccccc3-c3ccccc32)c2ccc3c(c2)-c2ccccc2B2c4ccccc4-c4ccccc4N23)cc1. The number of hydrogen-bond donors (Lipinski definition) is 0. The Labute approximate surface area is 532 Å². The molecule has 0 spiro atoms. The summed E-state index contributed by atoms with van der Waals surface area (Å²) in [7, 11) is -3.32. The third-order valence-corrected chi connectivity index (χ3v) is 25.8. The van der Waals surface area contributed by atoms with Crippen molar-refractivity contribution in [2.45, 2.75) is 0 Å². The van der Waals surface area contributed by atoms with Crippen LogP contribution in [0.5, 0.6) is 0 Å². The first-order valence-electron chi connectivity index (χ1n) is 32.0. The van der Waals surface area contributed by atoms with Gasteiger partial charge in [-0.25, -0.2) is 0 Å². The maximum atomic E-state index is 2.64. The van der Waals surface area contributed by atoms with Gasteiger partial charge in [-0.1, -0.05) is 285 Å². The minimum atomic E-state index is -3.32. The minimum absolute atomic E-state index is 0.0159. The van der Waals surface area contributed by atoms with Gasteiger partial charge in [0, 0.05) is 67.5 Å². The summed E-state index contributed by atoms with van der Waals surface area (Å²) < 4.78 is 0. The van der Waals surface area contributed by atoms with Crippen molar-refractivity contribution in [1.82, 2.24) is 0 Å². The number of rotatable bonds is 5. The molecule has 1 atom stereocenters. The Hall–Kier alpha value is -11.1. The van der Waals surface area contributed by atoms with Crippen LogP contribution in [0.3, 0.4) is 0 Å². The summed E-state index contributed by atoms with van der Waals surface area (Å²) in [5.41, 5.74) is 33.2. The first kappa shape index (κ1) is 50.8. The molecule has 0 saturated carbocycles. The molecule has 0 aliphatic carbocycles. The number of benzene rings is 14. The molecule has 6 aliphatic rings. The topological polar surface area (TPSA) is 9.72 Å². The second-order valence-electron chi connectivity index (χ2n) is 25.3. The maximum absolute atomic E-state index is 3.32. The highest BCUT2D eigenvalue weighted by molar-refractivity contribution is 7.20. The van der Waals surface area contributed by atoms with Gasteiger partial charge in [0.25, 0.3) is 0 Å². The van der Waals surface area contributed by atoms with E-state index in [-0.39, 0.29) is 20.5 Å². The van der Waals surface area contributed by atoms with Gasteiger partial charge in [0.2, 0.25) is 0 Å². The van der Waals surface area contributed by atoms with Crippen LogP contribution in [-0.2, 0) is 0 Å². The molecule has 91 heavy (non-hydrogen) atoms. The zero-order valence-electron chi connectivity index (χ0n) is 49.8. The predicted molar refractivity (Wildman–Crippen MR) is 389 cm³/mol. The Morgan fingerprint density at radius 2 is 0.451 bits per heavy atom. The molecular formula is C84H54B3N3Si. The van der Waals surface area contributed by atoms with Crippen molar-refractivity contribution in [1.29, 1.82) is 0 Å². The van der Waals surface area contributed by atoms with Crippen LogP contribution in [0.25, 0.3) is 77.9 Å². The van der Waals surface area contributed by atoms with Crippen molar-refractivity contribution in [3.8, 4) is 77.9 Å². The van der Waals surface area contributed by atoms with E-state index < -0.39 is 8.07 Å². The quantitative estimate of drug-likeness (QED) is 0.126. The Bertz CT molecular complexity index is 5200. The lowest BCUT2D eigenvalue weighted by atomic mass is 9.43. The highest BCUT2D eigenvalue weighted by Gasteiger charge is 2.49. The summed E-state index contributed by atoms with van der Waals surface area (Å²) in [6.07, 6.45) is 0. The Balaban J connectivity index is 0.809. The zero-order valence-corrected chi connectivity index (χ0v) is 50.8. The van der Waals surface area contributed by atoms with Crippen LogP contribution in [0.15, 0.2) is 328 Å². The molecule has 3 nitrogen and oxygen atoms in total. The van der Waals surface area contributed by atoms with Gasteiger partial charge in [-0.2, -0.15) is 0 Å². The fourth-order valence-electron chi connectivity index (χ4n) is 17.3. The molecule has 0 N–H and O–H groups in total. The van der Waals surface area contributed by atoms with Crippen molar-refractivity contribution in [3.05, 3.63) is 328 Å². The largest absolute Gasteiger partial charge is 0.376 e. The standard InChI is InChI=1S/C84H54B3N3Si/c1-2-22-57(23-3-1)91(59-47-49-78-70(53-59)69-32-12-21-41-82(69)88-79-38-18-9-29-66(79)63-26-6-15-35-75(63)87(78)88,60-48-51-84-72(54-60)65-28-8-17-37-77(65)86-74-34-14-5-25-62(74)68-31-11-20-40-81(68)90(84)86)58-45-42-55(43-46-58)56-44-50-83-71(52-56)64-27-7-16-36-76(64)85-73-33-13-4-24-61(73)67-30-10-19-39-80(67)89(83)85/h1-54H. The summed E-state index contributed by atoms with van der Waals surface area (Å²) in [5.74, 6) is 0. The van der Waals surface area contributed by atoms with Gasteiger partial charge < -0.3 is 14.4 Å². The van der Waals surface area contributed by atoms with Crippen LogP contribution < -0.4 is 68.0 Å². The molecule has 0 radical (unpaired) electrons. The van der Waals surface area contributed by atoms with Crippen LogP contribution in [0.2, 0.25) is 0 Å². The second-order valence-corrected chi connectivity index (χ2v) is 29.1. The first-order valence-corrected chi connectivity index (χ1v) is 34.0. The van der Waals surface area contributed by atoms with Crippen LogP contribution in [0.4, 0.5) is 34.1 Å². The number of fused-ring (bicyclic) bond motifs is 33. The van der Waals surface area contributed by atoms with Gasteiger partial charge in [0.15, 0.2) is 8.07 Å². The molecule has 0 aromatic heterocycles. The number of hydrogen-bond acceptors (Lipinski definition) is 3. The van der Waals surface area contributed by atoms with E-state index in [0.29, 0.717) is 0 Å². The maximum Gasteiger partial charge on any atom is 0.329 e. The lowest BCUT2D eigenvalue weighted by Crippen LogP contribution is -2.75. The van der Waals surface area contributed by atoms with Crippen molar-refractivity contribution in [2.75, 3.05) is 14.4 Å². The number of anilines is 6. The van der Waals surface area contributed by atoms with E-state index in [2.05, 4.69) is 342 Å². The zero-order chi connectivity index (χ0) is 59.5. The molecule has 1 unspecified atom stereocenters. The smallest absolute Gasteiger partial charge is 0.329 e. The lowest BCUT2D eigenvalue weighted by molar-refractivity contribution is 1.35. The third kappa shape index (κ3) is 7.07. The van der Waals surface area contributed by atoms with Crippen LogP contribution in [0.1, 0.15) is 0 Å². The summed E-state index contributed by atoms with van der Waals surface area (Å²) in [6.45, 7) is 0.0678. The second kappa shape index (κ2) is 19.4. The molecule has 20 rings (SSSR count). The summed E-state index contributed by atoms with van der Waals surface area (Å²) in [5, 5.41) is 5.36. The van der Waals surface area contributed by atoms with E-state index >= 15 is 0 Å². The van der Waals surface area contributed by atoms with E-state index in [1.807, 2.05) is 0 Å². The molecule has 0 fully saturated rings. The van der Waals surface area contributed by atoms with E-state index in [9.17, 15) is 0 Å². The Morgan fingerprint density at radius 3 is 0.890 bits per heavy atom. The van der Waals surface area contributed by atoms with Crippen molar-refractivity contribution in [3.63, 3.8) is 0 Å². The first-order chi connectivity index (χ1) is 45.2. The van der Waals surface area contributed by atoms with Crippen LogP contribution in [0, 0.1) is 0 Å². The Morgan fingerprint density at radius 1 is 0.176 bits per heavy atom. The predicted octanol–water partition coefficient (Wildman–Crippen LogP) is 13.4. The molecule has 418 valence electrons. The van der Waals surface area contributed by atoms with Crippen molar-refractivity contribution < 1.29 is 0 Å². The van der Waals surface area contributed by atoms with Crippen molar-refractivity contribution >= 4 is 116 Å². The van der Waals surface area contributed by atoms with Gasteiger partial charge in [0.1, 0.15) is 0 Å². The van der Waals surface area contributed by atoms with E-state index in [1.54, 1.807) is 0 Å². The van der Waals surface area contributed by atoms with Crippen molar-refractivity contribution in [2.24, 2.45) is 0 Å². The van der Waals surface area contributed by atoms with Crippen LogP contribution >= 0.6 is 0 Å². The summed E-state index contributed by atoms with van der Waals surface area (Å²) in [4.78, 5) is 7.85. The molecule has 6 aliphatic heterocycles. The van der Waals surface area contributed by atoms with Gasteiger partial charge in [0.05, 0.1) is 0 Å². The van der Waals surface area contributed by atoms with Gasteiger partial charge in [-0.3, -0.25) is 0 Å². The average Bonchev–Trinajstić information content (AvgIpc) is 0.760. The van der Waals surface area contributed by atoms with Crippen LogP contribution in [-0.4, -0.2) is 28.6 Å². The molecule has 7 heteroatoms. The molecule has 0 amide bonds. The summed E-state index contributed by atoms with van der Waals surface area (Å²) in [6, 6.07) is 126. The number of nitrogens with zero attached hydrogens (tertiary/aromatic N) is 3. The lowest BCUT2D eigenvalue weighted by Gasteiger charge is -2.44. The fourth-order valence-corrected chi connectivity index (χ4v) is 22.1. The molecule has 0 bridgehead atoms. The van der Waals surface area contributed by atoms with E-state index in [0.717, 1.165) is 0 Å². The Kier molecular flexibility index (Phi) is 10.9. The average molecular weight is 1170 g/mol.